The van der Waals surface area contributed by atoms with Crippen LogP contribution in [-0.4, -0.2) is 48.6 Å². The number of hydrogen-bond acceptors (Lipinski definition) is 3. The lowest BCUT2D eigenvalue weighted by atomic mass is 10.2. The van der Waals surface area contributed by atoms with E-state index in [1.807, 2.05) is 30.3 Å². The van der Waals surface area contributed by atoms with Gasteiger partial charge in [-0.1, -0.05) is 18.2 Å². The monoisotopic (exact) mass is 250 g/mol. The van der Waals surface area contributed by atoms with Crippen LogP contribution in [0.2, 0.25) is 0 Å². The number of amides is 1. The molecule has 0 fully saturated rings. The standard InChI is InChI=1S/C13H18N2O3/c1-10(13(17)18)14(2)9-12(16)15(3)11-7-5-4-6-8-11/h4-8,10H,9H2,1-3H3,(H,17,18). The Labute approximate surface area is 107 Å². The molecule has 5 heteroatoms. The van der Waals surface area contributed by atoms with Gasteiger partial charge in [0.25, 0.3) is 0 Å². The van der Waals surface area contributed by atoms with Crippen LogP contribution in [0, 0.1) is 0 Å². The maximum absolute atomic E-state index is 12.0. The Bertz CT molecular complexity index is 420. The van der Waals surface area contributed by atoms with Crippen molar-refractivity contribution < 1.29 is 14.7 Å². The van der Waals surface area contributed by atoms with E-state index < -0.39 is 12.0 Å². The lowest BCUT2D eigenvalue weighted by molar-refractivity contribution is -0.142. The maximum atomic E-state index is 12.0. The van der Waals surface area contributed by atoms with Gasteiger partial charge in [0, 0.05) is 12.7 Å². The summed E-state index contributed by atoms with van der Waals surface area (Å²) in [6.07, 6.45) is 0. The quantitative estimate of drug-likeness (QED) is 0.848. The van der Waals surface area contributed by atoms with Gasteiger partial charge in [-0.3, -0.25) is 14.5 Å². The van der Waals surface area contributed by atoms with Crippen molar-refractivity contribution in [2.45, 2.75) is 13.0 Å². The van der Waals surface area contributed by atoms with E-state index in [1.165, 1.54) is 9.80 Å². The normalized spacial score (nSPS) is 12.2. The Morgan fingerprint density at radius 2 is 1.78 bits per heavy atom. The number of carboxylic acids is 1. The van der Waals surface area contributed by atoms with E-state index in [9.17, 15) is 9.59 Å². The molecule has 1 unspecified atom stereocenters. The largest absolute Gasteiger partial charge is 0.480 e. The molecule has 0 radical (unpaired) electrons. The van der Waals surface area contributed by atoms with Crippen LogP contribution in [0.4, 0.5) is 5.69 Å². The SMILES string of the molecule is CC(C(=O)O)N(C)CC(=O)N(C)c1ccccc1. The first kappa shape index (κ1) is 14.2. The second kappa shape index (κ2) is 6.16. The van der Waals surface area contributed by atoms with Gasteiger partial charge in [0.15, 0.2) is 0 Å². The molecular formula is C13H18N2O3. The zero-order valence-corrected chi connectivity index (χ0v) is 10.8. The lowest BCUT2D eigenvalue weighted by Gasteiger charge is -2.24. The molecule has 1 aromatic carbocycles. The first-order valence-corrected chi connectivity index (χ1v) is 5.68. The van der Waals surface area contributed by atoms with Crippen LogP contribution in [0.1, 0.15) is 6.92 Å². The van der Waals surface area contributed by atoms with Crippen LogP contribution in [-0.2, 0) is 9.59 Å². The van der Waals surface area contributed by atoms with Gasteiger partial charge in [-0.2, -0.15) is 0 Å². The molecule has 1 aromatic rings. The van der Waals surface area contributed by atoms with Gasteiger partial charge in [-0.15, -0.1) is 0 Å². The highest BCUT2D eigenvalue weighted by molar-refractivity contribution is 5.94. The van der Waals surface area contributed by atoms with Crippen molar-refractivity contribution >= 4 is 17.6 Å². The first-order valence-electron chi connectivity index (χ1n) is 5.68. The molecule has 1 rings (SSSR count). The van der Waals surface area contributed by atoms with Gasteiger partial charge >= 0.3 is 5.97 Å². The van der Waals surface area contributed by atoms with Crippen LogP contribution in [0.3, 0.4) is 0 Å². The number of anilines is 1. The molecular weight excluding hydrogens is 232 g/mol. The summed E-state index contributed by atoms with van der Waals surface area (Å²) in [5.41, 5.74) is 0.791. The van der Waals surface area contributed by atoms with Crippen molar-refractivity contribution in [3.63, 3.8) is 0 Å². The fourth-order valence-corrected chi connectivity index (χ4v) is 1.44. The fourth-order valence-electron chi connectivity index (χ4n) is 1.44. The van der Waals surface area contributed by atoms with Gasteiger partial charge in [-0.05, 0) is 26.1 Å². The molecule has 1 N–H and O–H groups in total. The van der Waals surface area contributed by atoms with Crippen LogP contribution in [0.25, 0.3) is 0 Å². The predicted molar refractivity (Wildman–Crippen MR) is 69.6 cm³/mol. The molecule has 0 saturated heterocycles. The average Bonchev–Trinajstić information content (AvgIpc) is 2.37. The van der Waals surface area contributed by atoms with Crippen molar-refractivity contribution in [2.75, 3.05) is 25.5 Å². The predicted octanol–water partition coefficient (Wildman–Crippen LogP) is 1.05. The van der Waals surface area contributed by atoms with Crippen LogP contribution in [0.5, 0.6) is 0 Å². The molecule has 0 aliphatic heterocycles. The molecule has 0 aliphatic carbocycles. The summed E-state index contributed by atoms with van der Waals surface area (Å²) in [4.78, 5) is 25.8. The molecule has 98 valence electrons. The Kier molecular flexibility index (Phi) is 4.85. The van der Waals surface area contributed by atoms with Gasteiger partial charge in [0.2, 0.25) is 5.91 Å². The Morgan fingerprint density at radius 1 is 1.22 bits per heavy atom. The highest BCUT2D eigenvalue weighted by Gasteiger charge is 2.21. The second-order valence-electron chi connectivity index (χ2n) is 4.22. The van der Waals surface area contributed by atoms with Gasteiger partial charge < -0.3 is 10.0 Å². The highest BCUT2D eigenvalue weighted by Crippen LogP contribution is 2.11. The third-order valence-electron chi connectivity index (χ3n) is 2.92. The average molecular weight is 250 g/mol. The summed E-state index contributed by atoms with van der Waals surface area (Å²) in [6, 6.07) is 8.56. The molecule has 1 atom stereocenters. The number of carbonyl (C=O) groups excluding carboxylic acids is 1. The van der Waals surface area contributed by atoms with Crippen molar-refractivity contribution in [1.29, 1.82) is 0 Å². The van der Waals surface area contributed by atoms with Crippen LogP contribution < -0.4 is 4.90 Å². The van der Waals surface area contributed by atoms with Crippen LogP contribution >= 0.6 is 0 Å². The van der Waals surface area contributed by atoms with Gasteiger partial charge in [0.05, 0.1) is 6.54 Å². The van der Waals surface area contributed by atoms with E-state index in [1.54, 1.807) is 21.0 Å². The fraction of sp³-hybridized carbons (Fsp3) is 0.385. The van der Waals surface area contributed by atoms with Gasteiger partial charge in [-0.25, -0.2) is 0 Å². The zero-order chi connectivity index (χ0) is 13.7. The third kappa shape index (κ3) is 3.56. The third-order valence-corrected chi connectivity index (χ3v) is 2.92. The molecule has 5 nitrogen and oxygen atoms in total. The van der Waals surface area contributed by atoms with E-state index in [-0.39, 0.29) is 12.5 Å². The molecule has 1 amide bonds. The Morgan fingerprint density at radius 3 is 2.28 bits per heavy atom. The molecule has 0 spiro atoms. The number of aliphatic carboxylic acids is 1. The van der Waals surface area contributed by atoms with E-state index in [0.717, 1.165) is 5.69 Å². The summed E-state index contributed by atoms with van der Waals surface area (Å²) in [5, 5.41) is 8.85. The number of carboxylic acid groups (broad SMARTS) is 1. The number of likely N-dealkylation sites (N-methyl/N-ethyl adjacent to an activating group) is 2. The summed E-state index contributed by atoms with van der Waals surface area (Å²) in [5.74, 6) is -1.08. The molecule has 0 aromatic heterocycles. The van der Waals surface area contributed by atoms with Crippen LogP contribution in [0.15, 0.2) is 30.3 Å². The smallest absolute Gasteiger partial charge is 0.320 e. The minimum absolute atomic E-state index is 0.0683. The topological polar surface area (TPSA) is 60.9 Å². The maximum Gasteiger partial charge on any atom is 0.320 e. The summed E-state index contributed by atoms with van der Waals surface area (Å²) < 4.78 is 0. The van der Waals surface area contributed by atoms with Crippen molar-refractivity contribution in [3.05, 3.63) is 30.3 Å². The first-order chi connectivity index (χ1) is 8.43. The zero-order valence-electron chi connectivity index (χ0n) is 10.8. The molecule has 0 heterocycles. The molecule has 0 bridgehead atoms. The highest BCUT2D eigenvalue weighted by atomic mass is 16.4. The number of para-hydroxylation sites is 1. The van der Waals surface area contributed by atoms with E-state index in [2.05, 4.69) is 0 Å². The van der Waals surface area contributed by atoms with Crippen molar-refractivity contribution in [1.82, 2.24) is 4.90 Å². The van der Waals surface area contributed by atoms with E-state index >= 15 is 0 Å². The summed E-state index contributed by atoms with van der Waals surface area (Å²) in [7, 11) is 3.30. The number of nitrogens with zero attached hydrogens (tertiary/aromatic N) is 2. The Balaban J connectivity index is 2.63. The van der Waals surface area contributed by atoms with Crippen molar-refractivity contribution in [3.8, 4) is 0 Å². The number of carbonyl (C=O) groups is 2. The number of hydrogen-bond donors (Lipinski definition) is 1. The minimum Gasteiger partial charge on any atom is -0.480 e. The number of rotatable bonds is 5. The molecule has 0 aliphatic rings. The van der Waals surface area contributed by atoms with E-state index in [4.69, 9.17) is 5.11 Å². The minimum atomic E-state index is -0.937. The molecule has 18 heavy (non-hydrogen) atoms. The Hall–Kier alpha value is -1.88. The lowest BCUT2D eigenvalue weighted by Crippen LogP contribution is -2.43. The summed E-state index contributed by atoms with van der Waals surface area (Å²) in [6.45, 7) is 1.62. The molecule has 0 saturated carbocycles. The van der Waals surface area contributed by atoms with Crippen molar-refractivity contribution in [2.24, 2.45) is 0 Å². The second-order valence-corrected chi connectivity index (χ2v) is 4.22. The summed E-state index contributed by atoms with van der Waals surface area (Å²) >= 11 is 0. The number of benzene rings is 1. The van der Waals surface area contributed by atoms with Gasteiger partial charge in [0.1, 0.15) is 6.04 Å². The van der Waals surface area contributed by atoms with E-state index in [0.29, 0.717) is 0 Å².